The molecule has 1 aromatic rings. The van der Waals surface area contributed by atoms with E-state index in [0.29, 0.717) is 6.42 Å². The van der Waals surface area contributed by atoms with E-state index in [1.54, 1.807) is 0 Å². The van der Waals surface area contributed by atoms with E-state index in [1.165, 1.54) is 0 Å². The molecule has 0 aliphatic rings. The molecule has 0 aromatic heterocycles. The molecule has 0 saturated carbocycles. The van der Waals surface area contributed by atoms with Crippen LogP contribution in [0.1, 0.15) is 5.56 Å². The summed E-state index contributed by atoms with van der Waals surface area (Å²) in [5, 5.41) is 8.52. The zero-order chi connectivity index (χ0) is 8.97. The van der Waals surface area contributed by atoms with E-state index >= 15 is 0 Å². The molecule has 0 spiro atoms. The van der Waals surface area contributed by atoms with E-state index < -0.39 is 12.0 Å². The van der Waals surface area contributed by atoms with Crippen LogP contribution in [0.2, 0.25) is 0 Å². The van der Waals surface area contributed by atoms with Gasteiger partial charge in [0.05, 0.1) is 0 Å². The summed E-state index contributed by atoms with van der Waals surface area (Å²) in [7, 11) is 0. The normalized spacial score (nSPS) is 11.5. The van der Waals surface area contributed by atoms with Crippen molar-refractivity contribution in [3.63, 3.8) is 0 Å². The third kappa shape index (κ3) is 4.71. The first-order valence-electron chi connectivity index (χ1n) is 3.72. The Hall–Kier alpha value is 0.0266. The van der Waals surface area contributed by atoms with E-state index in [9.17, 15) is 4.79 Å². The largest absolute Gasteiger partial charge is 0.480 e. The number of nitrogens with two attached hydrogens (primary N) is 1. The van der Waals surface area contributed by atoms with Gasteiger partial charge in [0.2, 0.25) is 0 Å². The van der Waals surface area contributed by atoms with E-state index in [2.05, 4.69) is 0 Å². The van der Waals surface area contributed by atoms with E-state index in [1.807, 2.05) is 30.3 Å². The van der Waals surface area contributed by atoms with Crippen LogP contribution in [-0.2, 0) is 11.2 Å². The standard InChI is InChI=1S/C9H11NO2.Ce/c10-8(9(11)12)6-7-4-2-1-3-5-7;/h1-5,8H,6,10H2,(H,11,12);. The number of benzene rings is 1. The first-order chi connectivity index (χ1) is 5.70. The van der Waals surface area contributed by atoms with Gasteiger partial charge in [-0.25, -0.2) is 0 Å². The second-order valence-corrected chi connectivity index (χ2v) is 2.63. The minimum absolute atomic E-state index is 0. The monoisotopic (exact) mass is 305 g/mol. The van der Waals surface area contributed by atoms with Gasteiger partial charge in [0.25, 0.3) is 0 Å². The molecule has 1 aromatic carbocycles. The van der Waals surface area contributed by atoms with Crippen molar-refractivity contribution in [2.24, 2.45) is 5.73 Å². The SMILES string of the molecule is NC(Cc1ccccc1)C(=O)O.[Ce]. The first kappa shape index (κ1) is 13.0. The number of carboxylic acids is 1. The molecule has 0 saturated heterocycles. The molecular weight excluding hydrogens is 294 g/mol. The molecule has 0 amide bonds. The molecule has 1 rings (SSSR count). The van der Waals surface area contributed by atoms with Gasteiger partial charge in [-0.2, -0.15) is 0 Å². The fourth-order valence-corrected chi connectivity index (χ4v) is 0.955. The van der Waals surface area contributed by atoms with Crippen molar-refractivity contribution in [2.45, 2.75) is 12.5 Å². The summed E-state index contributed by atoms with van der Waals surface area (Å²) in [6, 6.07) is 8.54. The molecule has 1 atom stereocenters. The summed E-state index contributed by atoms with van der Waals surface area (Å²) in [5.41, 5.74) is 6.30. The molecular formula is C9H11CeNO2. The number of aliphatic carboxylic acids is 1. The fourth-order valence-electron chi connectivity index (χ4n) is 0.955. The summed E-state index contributed by atoms with van der Waals surface area (Å²) >= 11 is 0. The van der Waals surface area contributed by atoms with E-state index in [-0.39, 0.29) is 41.7 Å². The van der Waals surface area contributed by atoms with Crippen LogP contribution in [0.25, 0.3) is 0 Å². The van der Waals surface area contributed by atoms with Gasteiger partial charge >= 0.3 is 5.97 Å². The van der Waals surface area contributed by atoms with E-state index in [0.717, 1.165) is 5.56 Å². The van der Waals surface area contributed by atoms with Crippen LogP contribution < -0.4 is 5.73 Å². The Morgan fingerprint density at radius 2 is 1.92 bits per heavy atom. The third-order valence-electron chi connectivity index (χ3n) is 1.62. The van der Waals surface area contributed by atoms with Crippen LogP contribution >= 0.6 is 0 Å². The van der Waals surface area contributed by atoms with Crippen molar-refractivity contribution in [1.29, 1.82) is 0 Å². The maximum absolute atomic E-state index is 10.4. The first-order valence-corrected chi connectivity index (χ1v) is 3.72. The van der Waals surface area contributed by atoms with Gasteiger partial charge in [-0.3, -0.25) is 4.79 Å². The molecule has 13 heavy (non-hydrogen) atoms. The fraction of sp³-hybridized carbons (Fsp3) is 0.222. The minimum Gasteiger partial charge on any atom is -0.480 e. The van der Waals surface area contributed by atoms with E-state index in [4.69, 9.17) is 10.8 Å². The number of carbonyl (C=O) groups is 1. The van der Waals surface area contributed by atoms with Crippen LogP contribution in [0.15, 0.2) is 30.3 Å². The zero-order valence-corrected chi connectivity index (χ0v) is 10.2. The molecule has 0 bridgehead atoms. The van der Waals surface area contributed by atoms with Gasteiger partial charge < -0.3 is 10.8 Å². The quantitative estimate of drug-likeness (QED) is 0.861. The second-order valence-electron chi connectivity index (χ2n) is 2.63. The maximum Gasteiger partial charge on any atom is 0.320 e. The molecule has 0 radical (unpaired) electrons. The van der Waals surface area contributed by atoms with Crippen molar-refractivity contribution >= 4 is 5.97 Å². The molecule has 0 aliphatic carbocycles. The smallest absolute Gasteiger partial charge is 0.320 e. The van der Waals surface area contributed by atoms with Crippen molar-refractivity contribution in [3.8, 4) is 0 Å². The van der Waals surface area contributed by atoms with Crippen LogP contribution in [0.5, 0.6) is 0 Å². The summed E-state index contributed by atoms with van der Waals surface area (Å²) < 4.78 is 0. The van der Waals surface area contributed by atoms with Gasteiger partial charge in [-0.1, -0.05) is 30.3 Å². The number of carboxylic acid groups (broad SMARTS) is 1. The van der Waals surface area contributed by atoms with Gasteiger partial charge in [-0.15, -0.1) is 0 Å². The maximum atomic E-state index is 10.4. The minimum atomic E-state index is -0.959. The Balaban J connectivity index is 0.00000144. The number of rotatable bonds is 3. The van der Waals surface area contributed by atoms with Crippen LogP contribution in [0.3, 0.4) is 0 Å². The molecule has 1 unspecified atom stereocenters. The molecule has 3 N–H and O–H groups in total. The van der Waals surface area contributed by atoms with Gasteiger partial charge in [0.1, 0.15) is 6.04 Å². The third-order valence-corrected chi connectivity index (χ3v) is 1.62. The summed E-state index contributed by atoms with van der Waals surface area (Å²) in [5.74, 6) is -0.959. The van der Waals surface area contributed by atoms with Crippen LogP contribution in [0, 0.1) is 41.7 Å². The molecule has 0 aliphatic heterocycles. The summed E-state index contributed by atoms with van der Waals surface area (Å²) in [6.45, 7) is 0. The Labute approximate surface area is 111 Å². The average molecular weight is 305 g/mol. The van der Waals surface area contributed by atoms with Gasteiger partial charge in [0.15, 0.2) is 0 Å². The second kappa shape index (κ2) is 6.48. The molecule has 3 nitrogen and oxygen atoms in total. The Morgan fingerprint density at radius 1 is 1.38 bits per heavy atom. The summed E-state index contributed by atoms with van der Waals surface area (Å²) in [4.78, 5) is 10.4. The van der Waals surface area contributed by atoms with Crippen molar-refractivity contribution in [3.05, 3.63) is 35.9 Å². The molecule has 68 valence electrons. The number of hydrogen-bond donors (Lipinski definition) is 2. The van der Waals surface area contributed by atoms with Crippen molar-refractivity contribution in [2.75, 3.05) is 0 Å². The Kier molecular flexibility index (Phi) is 6.49. The number of hydrogen-bond acceptors (Lipinski definition) is 2. The van der Waals surface area contributed by atoms with Gasteiger partial charge in [0, 0.05) is 41.7 Å². The zero-order valence-electron chi connectivity index (χ0n) is 7.10. The predicted molar refractivity (Wildman–Crippen MR) is 45.8 cm³/mol. The van der Waals surface area contributed by atoms with Crippen LogP contribution in [0.4, 0.5) is 0 Å². The topological polar surface area (TPSA) is 63.3 Å². The van der Waals surface area contributed by atoms with Crippen molar-refractivity contribution in [1.82, 2.24) is 0 Å². The Bertz CT molecular complexity index is 264. The molecule has 0 fully saturated rings. The summed E-state index contributed by atoms with van der Waals surface area (Å²) in [6.07, 6.45) is 0.385. The predicted octanol–water partition coefficient (Wildman–Crippen LogP) is 0.641. The van der Waals surface area contributed by atoms with Gasteiger partial charge in [-0.05, 0) is 12.0 Å². The molecule has 0 heterocycles. The van der Waals surface area contributed by atoms with Crippen LogP contribution in [-0.4, -0.2) is 17.1 Å². The van der Waals surface area contributed by atoms with Crippen molar-refractivity contribution < 1.29 is 51.6 Å². The Morgan fingerprint density at radius 3 is 2.38 bits per heavy atom. The molecule has 4 heteroatoms. The average Bonchev–Trinajstić information content (AvgIpc) is 2.06.